The van der Waals surface area contributed by atoms with Crippen molar-refractivity contribution in [1.82, 2.24) is 4.57 Å². The van der Waals surface area contributed by atoms with E-state index in [1.54, 1.807) is 0 Å². The molecule has 0 saturated carbocycles. The van der Waals surface area contributed by atoms with Gasteiger partial charge in [0.2, 0.25) is 6.33 Å². The van der Waals surface area contributed by atoms with Gasteiger partial charge in [-0.3, -0.25) is 5.21 Å². The molecule has 0 atom stereocenters. The number of halogens is 1. The Morgan fingerprint density at radius 2 is 1.95 bits per heavy atom. The highest BCUT2D eigenvalue weighted by atomic mass is 35.5. The molecule has 0 unspecified atom stereocenters. The smallest absolute Gasteiger partial charge is 0.257 e. The number of aryl methyl sites for hydroxylation is 2. The fourth-order valence-electron chi connectivity index (χ4n) is 1.91. The largest absolute Gasteiger partial charge is 1.00 e. The van der Waals surface area contributed by atoms with Gasteiger partial charge in [-0.15, -0.1) is 4.47 Å². The second-order valence-corrected chi connectivity index (χ2v) is 6.74. The molecule has 0 fully saturated rings. The molecular formula is C13H19ClN4O3S. The topological polar surface area (TPSA) is 92.4 Å². The van der Waals surface area contributed by atoms with Crippen LogP contribution in [-0.2, 0) is 23.6 Å². The molecule has 1 aromatic heterocycles. The molecule has 0 saturated heterocycles. The van der Waals surface area contributed by atoms with Crippen LogP contribution in [0.5, 0.6) is 0 Å². The molecule has 2 rings (SSSR count). The maximum absolute atomic E-state index is 12.0. The van der Waals surface area contributed by atoms with Crippen molar-refractivity contribution >= 4 is 21.4 Å². The molecule has 9 heteroatoms. The lowest BCUT2D eigenvalue weighted by Crippen LogP contribution is -3.00. The normalized spacial score (nSPS) is 11.0. The lowest BCUT2D eigenvalue weighted by molar-refractivity contribution is -0.671. The van der Waals surface area contributed by atoms with E-state index in [-0.39, 0.29) is 23.8 Å². The standard InChI is InChI=1S/C13H19N4O3S.ClH/c1-15-8-9-16(11-15)7-2-10-21(19,20)17(18)13-5-3-12(14)4-6-13;/h3-6,8-9,11,18H,2,7,10,14H2,1H3;1H/q+1;/p-1. The van der Waals surface area contributed by atoms with E-state index in [1.807, 2.05) is 34.9 Å². The van der Waals surface area contributed by atoms with Crippen LogP contribution in [0.15, 0.2) is 43.0 Å². The molecule has 0 amide bonds. The minimum Gasteiger partial charge on any atom is -1.00 e. The monoisotopic (exact) mass is 346 g/mol. The van der Waals surface area contributed by atoms with Crippen molar-refractivity contribution in [2.75, 3.05) is 16.0 Å². The van der Waals surface area contributed by atoms with Crippen molar-refractivity contribution in [2.45, 2.75) is 13.0 Å². The summed E-state index contributed by atoms with van der Waals surface area (Å²) in [7, 11) is -1.87. The molecule has 1 heterocycles. The van der Waals surface area contributed by atoms with Gasteiger partial charge in [0.05, 0.1) is 25.0 Å². The van der Waals surface area contributed by atoms with Gasteiger partial charge in [0.25, 0.3) is 10.0 Å². The van der Waals surface area contributed by atoms with E-state index in [1.165, 1.54) is 24.3 Å². The van der Waals surface area contributed by atoms with Crippen LogP contribution in [0.1, 0.15) is 6.42 Å². The number of nitrogens with two attached hydrogens (primary N) is 1. The number of hydrogen-bond acceptors (Lipinski definition) is 4. The van der Waals surface area contributed by atoms with Crippen LogP contribution < -0.4 is 27.2 Å². The van der Waals surface area contributed by atoms with E-state index in [4.69, 9.17) is 5.73 Å². The van der Waals surface area contributed by atoms with Gasteiger partial charge in [-0.05, 0) is 24.3 Å². The summed E-state index contributed by atoms with van der Waals surface area (Å²) in [5.74, 6) is -0.143. The predicted molar refractivity (Wildman–Crippen MR) is 79.1 cm³/mol. The van der Waals surface area contributed by atoms with Gasteiger partial charge in [-0.25, -0.2) is 17.6 Å². The average Bonchev–Trinajstić information content (AvgIpc) is 2.84. The zero-order valence-electron chi connectivity index (χ0n) is 12.1. The molecule has 3 N–H and O–H groups in total. The Hall–Kier alpha value is -1.77. The summed E-state index contributed by atoms with van der Waals surface area (Å²) < 4.78 is 28.2. The van der Waals surface area contributed by atoms with Gasteiger partial charge in [-0.2, -0.15) is 0 Å². The fraction of sp³-hybridized carbons (Fsp3) is 0.308. The number of anilines is 2. The quantitative estimate of drug-likeness (QED) is 0.344. The summed E-state index contributed by atoms with van der Waals surface area (Å²) in [4.78, 5) is 0. The van der Waals surface area contributed by atoms with Gasteiger partial charge >= 0.3 is 0 Å². The maximum atomic E-state index is 12.0. The number of benzene rings is 1. The third kappa shape index (κ3) is 4.62. The Balaban J connectivity index is 0.00000242. The van der Waals surface area contributed by atoms with E-state index < -0.39 is 10.0 Å². The van der Waals surface area contributed by atoms with E-state index >= 15 is 0 Å². The number of sulfonamides is 1. The lowest BCUT2D eigenvalue weighted by Gasteiger charge is -2.16. The van der Waals surface area contributed by atoms with Gasteiger partial charge < -0.3 is 18.1 Å². The zero-order chi connectivity index (χ0) is 15.5. The zero-order valence-corrected chi connectivity index (χ0v) is 13.7. The summed E-state index contributed by atoms with van der Waals surface area (Å²) in [5, 5.41) is 9.83. The number of nitrogens with zero attached hydrogens (tertiary/aromatic N) is 3. The molecule has 7 nitrogen and oxygen atoms in total. The number of rotatable bonds is 6. The van der Waals surface area contributed by atoms with Crippen LogP contribution in [0.25, 0.3) is 0 Å². The van der Waals surface area contributed by atoms with Gasteiger partial charge in [0.1, 0.15) is 12.4 Å². The summed E-state index contributed by atoms with van der Waals surface area (Å²) in [6, 6.07) is 5.99. The second kappa shape index (κ2) is 7.48. The van der Waals surface area contributed by atoms with Crippen molar-refractivity contribution in [2.24, 2.45) is 7.05 Å². The fourth-order valence-corrected chi connectivity index (χ4v) is 3.02. The van der Waals surface area contributed by atoms with Crippen LogP contribution in [0.3, 0.4) is 0 Å². The Morgan fingerprint density at radius 1 is 1.32 bits per heavy atom. The second-order valence-electron chi connectivity index (χ2n) is 4.82. The van der Waals surface area contributed by atoms with E-state index in [2.05, 4.69) is 0 Å². The number of aromatic nitrogens is 2. The molecule has 122 valence electrons. The molecule has 0 aliphatic rings. The highest BCUT2D eigenvalue weighted by Crippen LogP contribution is 2.18. The van der Waals surface area contributed by atoms with Gasteiger partial charge in [0.15, 0.2) is 0 Å². The Kier molecular flexibility index (Phi) is 6.21. The van der Waals surface area contributed by atoms with Gasteiger partial charge in [0, 0.05) is 12.1 Å². The Morgan fingerprint density at radius 3 is 2.50 bits per heavy atom. The average molecular weight is 347 g/mol. The van der Waals surface area contributed by atoms with Crippen molar-refractivity contribution in [3.63, 3.8) is 0 Å². The predicted octanol–water partition coefficient (Wildman–Crippen LogP) is -2.49. The first-order valence-electron chi connectivity index (χ1n) is 6.47. The van der Waals surface area contributed by atoms with Crippen LogP contribution in [0.2, 0.25) is 0 Å². The number of nitrogen functional groups attached to an aromatic ring is 1. The summed E-state index contributed by atoms with van der Waals surface area (Å²) in [6.45, 7) is 0.565. The first-order chi connectivity index (χ1) is 9.88. The molecular weight excluding hydrogens is 328 g/mol. The third-order valence-electron chi connectivity index (χ3n) is 3.02. The van der Waals surface area contributed by atoms with Crippen molar-refractivity contribution in [3.8, 4) is 0 Å². The number of hydrogen-bond donors (Lipinski definition) is 2. The van der Waals surface area contributed by atoms with Crippen molar-refractivity contribution in [3.05, 3.63) is 43.0 Å². The minimum absolute atomic E-state index is 0. The molecule has 22 heavy (non-hydrogen) atoms. The lowest BCUT2D eigenvalue weighted by atomic mass is 10.3. The van der Waals surface area contributed by atoms with Gasteiger partial charge in [-0.1, -0.05) is 0 Å². The first-order valence-corrected chi connectivity index (χ1v) is 8.08. The Labute approximate surface area is 136 Å². The summed E-state index contributed by atoms with van der Waals surface area (Å²) >= 11 is 0. The van der Waals surface area contributed by atoms with E-state index in [0.717, 1.165) is 0 Å². The highest BCUT2D eigenvalue weighted by molar-refractivity contribution is 7.92. The third-order valence-corrected chi connectivity index (χ3v) is 4.56. The van der Waals surface area contributed by atoms with Crippen LogP contribution in [0, 0.1) is 0 Å². The molecule has 2 aromatic rings. The molecule has 0 radical (unpaired) electrons. The van der Waals surface area contributed by atoms with Crippen molar-refractivity contribution < 1.29 is 30.6 Å². The van der Waals surface area contributed by atoms with E-state index in [0.29, 0.717) is 23.1 Å². The molecule has 0 aliphatic carbocycles. The molecule has 0 bridgehead atoms. The molecule has 0 aliphatic heterocycles. The first kappa shape index (κ1) is 18.3. The minimum atomic E-state index is -3.76. The summed E-state index contributed by atoms with van der Waals surface area (Å²) in [6.07, 6.45) is 6.01. The molecule has 0 spiro atoms. The van der Waals surface area contributed by atoms with Crippen LogP contribution in [0.4, 0.5) is 11.4 Å². The SMILES string of the molecule is C[n+]1ccn(CCCS(=O)(=O)N(O)c2ccc(N)cc2)c1.[Cl-]. The maximum Gasteiger partial charge on any atom is 0.257 e. The van der Waals surface area contributed by atoms with Crippen LogP contribution in [-0.4, -0.2) is 23.9 Å². The van der Waals surface area contributed by atoms with E-state index in [9.17, 15) is 13.6 Å². The highest BCUT2D eigenvalue weighted by Gasteiger charge is 2.20. The number of imidazole rings is 1. The Bertz CT molecular complexity index is 700. The van der Waals surface area contributed by atoms with Crippen molar-refractivity contribution in [1.29, 1.82) is 0 Å². The van der Waals surface area contributed by atoms with Crippen LogP contribution >= 0.6 is 0 Å². The summed E-state index contributed by atoms with van der Waals surface area (Å²) in [5.41, 5.74) is 6.21. The molecule has 1 aromatic carbocycles.